The van der Waals surface area contributed by atoms with Crippen LogP contribution in [0.2, 0.25) is 10.0 Å². The number of halogens is 2. The molecule has 8 nitrogen and oxygen atoms in total. The van der Waals surface area contributed by atoms with Gasteiger partial charge < -0.3 is 19.6 Å². The fourth-order valence-corrected chi connectivity index (χ4v) is 7.14. The maximum absolute atomic E-state index is 11.5. The van der Waals surface area contributed by atoms with Crippen LogP contribution < -0.4 is 9.64 Å². The molecule has 208 valence electrons. The number of aryl methyl sites for hydroxylation is 1. The van der Waals surface area contributed by atoms with E-state index in [1.54, 1.807) is 10.7 Å². The van der Waals surface area contributed by atoms with E-state index in [0.29, 0.717) is 33.7 Å². The van der Waals surface area contributed by atoms with Crippen molar-refractivity contribution in [2.75, 3.05) is 31.1 Å². The quantitative estimate of drug-likeness (QED) is 0.382. The number of carboxylic acid groups (broad SMARTS) is 1. The molecule has 1 aliphatic carbocycles. The number of hydrogen-bond acceptors (Lipinski definition) is 6. The molecular weight excluding hydrogens is 537 g/mol. The van der Waals surface area contributed by atoms with E-state index in [0.717, 1.165) is 61.4 Å². The molecule has 2 atom stereocenters. The number of ether oxygens (including phenoxy) is 1. The molecule has 1 N–H and O–H groups in total. The van der Waals surface area contributed by atoms with Crippen molar-refractivity contribution in [3.05, 3.63) is 46.1 Å². The van der Waals surface area contributed by atoms with Crippen LogP contribution in [0.15, 0.2) is 30.5 Å². The van der Waals surface area contributed by atoms with Crippen LogP contribution in [-0.2, 0) is 11.8 Å². The van der Waals surface area contributed by atoms with Gasteiger partial charge in [-0.15, -0.1) is 0 Å². The predicted octanol–water partition coefficient (Wildman–Crippen LogP) is 5.82. The molecule has 39 heavy (non-hydrogen) atoms. The Bertz CT molecular complexity index is 1400. The lowest BCUT2D eigenvalue weighted by Crippen LogP contribution is -2.58. The molecule has 0 bridgehead atoms. The summed E-state index contributed by atoms with van der Waals surface area (Å²) in [5.74, 6) is 2.18. The number of carboxylic acids is 1. The van der Waals surface area contributed by atoms with Gasteiger partial charge >= 0.3 is 5.97 Å². The van der Waals surface area contributed by atoms with E-state index in [9.17, 15) is 9.90 Å². The number of aromatic nitrogens is 3. The van der Waals surface area contributed by atoms with Crippen molar-refractivity contribution in [2.24, 2.45) is 24.3 Å². The summed E-state index contributed by atoms with van der Waals surface area (Å²) in [7, 11) is 1.89. The van der Waals surface area contributed by atoms with Gasteiger partial charge in [0.05, 0.1) is 11.6 Å². The number of nitrogens with zero attached hydrogens (tertiary/aromatic N) is 5. The third kappa shape index (κ3) is 5.07. The zero-order chi connectivity index (χ0) is 27.5. The van der Waals surface area contributed by atoms with E-state index in [-0.39, 0.29) is 6.10 Å². The summed E-state index contributed by atoms with van der Waals surface area (Å²) >= 11 is 12.5. The highest BCUT2D eigenvalue weighted by Crippen LogP contribution is 2.45. The van der Waals surface area contributed by atoms with Gasteiger partial charge in [0.2, 0.25) is 0 Å². The lowest BCUT2D eigenvalue weighted by molar-refractivity contribution is -0.158. The number of pyridine rings is 1. The second-order valence-electron chi connectivity index (χ2n) is 11.9. The Labute approximate surface area is 238 Å². The Balaban J connectivity index is 1.13. The molecular formula is C29H35Cl2N5O3. The van der Waals surface area contributed by atoms with Crippen molar-refractivity contribution in [2.45, 2.75) is 51.7 Å². The second-order valence-corrected chi connectivity index (χ2v) is 12.8. The number of piperidine rings is 1. The zero-order valence-corrected chi connectivity index (χ0v) is 24.1. The maximum atomic E-state index is 11.5. The van der Waals surface area contributed by atoms with Gasteiger partial charge in [-0.3, -0.25) is 9.48 Å². The molecule has 3 fully saturated rings. The minimum Gasteiger partial charge on any atom is -0.483 e. The summed E-state index contributed by atoms with van der Waals surface area (Å²) in [6, 6.07) is 7.86. The van der Waals surface area contributed by atoms with E-state index in [2.05, 4.69) is 14.9 Å². The lowest BCUT2D eigenvalue weighted by atomic mass is 9.65. The Morgan fingerprint density at radius 3 is 2.67 bits per heavy atom. The molecule has 2 saturated heterocycles. The van der Waals surface area contributed by atoms with Gasteiger partial charge in [-0.1, -0.05) is 29.3 Å². The summed E-state index contributed by atoms with van der Waals surface area (Å²) in [6.45, 7) is 7.94. The highest BCUT2D eigenvalue weighted by atomic mass is 35.5. The van der Waals surface area contributed by atoms with Crippen LogP contribution in [0.5, 0.6) is 5.75 Å². The Hall–Kier alpha value is -2.55. The fourth-order valence-electron chi connectivity index (χ4n) is 6.58. The number of fused-ring (bicyclic) bond motifs is 1. The van der Waals surface area contributed by atoms with Crippen LogP contribution in [0.3, 0.4) is 0 Å². The summed E-state index contributed by atoms with van der Waals surface area (Å²) < 4.78 is 8.19. The van der Waals surface area contributed by atoms with Gasteiger partial charge in [0.15, 0.2) is 11.3 Å². The van der Waals surface area contributed by atoms with Crippen molar-refractivity contribution in [3.63, 3.8) is 0 Å². The van der Waals surface area contributed by atoms with Crippen LogP contribution in [0.1, 0.15) is 51.2 Å². The predicted molar refractivity (Wildman–Crippen MR) is 153 cm³/mol. The zero-order valence-electron chi connectivity index (χ0n) is 22.6. The molecule has 6 rings (SSSR count). The van der Waals surface area contributed by atoms with Crippen molar-refractivity contribution >= 4 is 46.0 Å². The Morgan fingerprint density at radius 2 is 1.95 bits per heavy atom. The number of carbonyl (C=O) groups is 1. The van der Waals surface area contributed by atoms with Crippen LogP contribution in [0, 0.1) is 17.3 Å². The Morgan fingerprint density at radius 1 is 1.18 bits per heavy atom. The van der Waals surface area contributed by atoms with Gasteiger partial charge in [-0.25, -0.2) is 4.98 Å². The first-order chi connectivity index (χ1) is 18.6. The normalized spacial score (nSPS) is 26.7. The summed E-state index contributed by atoms with van der Waals surface area (Å²) in [4.78, 5) is 21.3. The third-order valence-electron chi connectivity index (χ3n) is 9.04. The molecule has 0 amide bonds. The first kappa shape index (κ1) is 26.7. The van der Waals surface area contributed by atoms with Gasteiger partial charge in [-0.2, -0.15) is 5.10 Å². The van der Waals surface area contributed by atoms with E-state index in [1.807, 2.05) is 45.3 Å². The number of aliphatic carboxylic acids is 1. The number of benzene rings is 1. The van der Waals surface area contributed by atoms with Crippen molar-refractivity contribution < 1.29 is 14.6 Å². The molecule has 10 heteroatoms. The molecule has 3 aliphatic rings. The van der Waals surface area contributed by atoms with Crippen LogP contribution in [-0.4, -0.2) is 63.0 Å². The third-order valence-corrected chi connectivity index (χ3v) is 9.60. The van der Waals surface area contributed by atoms with Crippen LogP contribution >= 0.6 is 23.2 Å². The minimum absolute atomic E-state index is 0.290. The standard InChI is InChI=1S/C29H35Cl2N5O3/c1-17(22-7-6-20(30)9-23(22)31)39-25-10-26(32-24-16-34(3)33-27(24)25)36-14-19(15-36)18-5-4-8-35(13-18)21-11-29(2,12-21)28(37)38/h6-7,9-10,16-19,21H,4-5,8,11-15H2,1-3H3,(H,37,38)/t17-,18+,21?,29?/m1/s1. The van der Waals surface area contributed by atoms with E-state index < -0.39 is 11.4 Å². The smallest absolute Gasteiger partial charge is 0.309 e. The van der Waals surface area contributed by atoms with Gasteiger partial charge in [0.25, 0.3) is 0 Å². The SMILES string of the molecule is C[C@@H](Oc1cc(N2CC([C@H]3CCCN(C4CC(C)(C(=O)O)C4)C3)C2)nc2cn(C)nc12)c1ccc(Cl)cc1Cl. The van der Waals surface area contributed by atoms with E-state index in [1.165, 1.54) is 12.8 Å². The molecule has 0 unspecified atom stereocenters. The van der Waals surface area contributed by atoms with Crippen LogP contribution in [0.4, 0.5) is 5.82 Å². The van der Waals surface area contributed by atoms with Crippen LogP contribution in [0.25, 0.3) is 11.0 Å². The molecule has 2 aliphatic heterocycles. The maximum Gasteiger partial charge on any atom is 0.309 e. The number of anilines is 1. The number of rotatable bonds is 7. The second kappa shape index (κ2) is 10.1. The van der Waals surface area contributed by atoms with E-state index in [4.69, 9.17) is 32.9 Å². The van der Waals surface area contributed by atoms with Gasteiger partial charge in [0, 0.05) is 54.4 Å². The number of hydrogen-bond donors (Lipinski definition) is 1. The fraction of sp³-hybridized carbons (Fsp3) is 0.552. The van der Waals surface area contributed by atoms with E-state index >= 15 is 0 Å². The van der Waals surface area contributed by atoms with Gasteiger partial charge in [-0.05, 0) is 70.0 Å². The molecule has 1 aromatic carbocycles. The highest BCUT2D eigenvalue weighted by molar-refractivity contribution is 6.35. The van der Waals surface area contributed by atoms with Crippen molar-refractivity contribution in [1.29, 1.82) is 0 Å². The molecule has 0 spiro atoms. The summed E-state index contributed by atoms with van der Waals surface area (Å²) in [6.07, 6.45) is 5.59. The summed E-state index contributed by atoms with van der Waals surface area (Å²) in [5.41, 5.74) is 1.85. The first-order valence-corrected chi connectivity index (χ1v) is 14.5. The monoisotopic (exact) mass is 571 g/mol. The van der Waals surface area contributed by atoms with Crippen molar-refractivity contribution in [1.82, 2.24) is 19.7 Å². The summed E-state index contributed by atoms with van der Waals surface area (Å²) in [5, 5.41) is 15.3. The largest absolute Gasteiger partial charge is 0.483 e. The first-order valence-electron chi connectivity index (χ1n) is 13.8. The molecule has 3 aromatic rings. The van der Waals surface area contributed by atoms with Crippen molar-refractivity contribution in [3.8, 4) is 5.75 Å². The molecule has 1 saturated carbocycles. The highest BCUT2D eigenvalue weighted by Gasteiger charge is 2.49. The topological polar surface area (TPSA) is 83.7 Å². The minimum atomic E-state index is -0.658. The average Bonchev–Trinajstić information content (AvgIpc) is 3.21. The average molecular weight is 573 g/mol. The molecule has 2 aromatic heterocycles. The lowest BCUT2D eigenvalue weighted by Gasteiger charge is -2.52. The Kier molecular flexibility index (Phi) is 6.92. The molecule has 0 radical (unpaired) electrons. The molecule has 4 heterocycles. The van der Waals surface area contributed by atoms with Gasteiger partial charge in [0.1, 0.15) is 17.4 Å². The number of likely N-dealkylation sites (tertiary alicyclic amines) is 1.